The molecule has 0 radical (unpaired) electrons. The van der Waals surface area contributed by atoms with Crippen molar-refractivity contribution in [3.63, 3.8) is 0 Å². The van der Waals surface area contributed by atoms with Crippen LogP contribution in [0.1, 0.15) is 24.0 Å². The van der Waals surface area contributed by atoms with E-state index in [9.17, 15) is 0 Å². The van der Waals surface area contributed by atoms with Crippen LogP contribution in [0.2, 0.25) is 0 Å². The standard InChI is InChI=1S/C14H17NO/c1-2-6-13-11-16-14(9-12(13)5-1)10-15-7-3-4-8-15/h1-2,5-6,9H,3-4,7-8,10-11H2. The molecule has 2 heteroatoms. The van der Waals surface area contributed by atoms with Crippen LogP contribution in [-0.2, 0) is 11.3 Å². The molecule has 2 nitrogen and oxygen atoms in total. The van der Waals surface area contributed by atoms with Crippen molar-refractivity contribution in [2.24, 2.45) is 0 Å². The first-order valence-corrected chi connectivity index (χ1v) is 6.05. The van der Waals surface area contributed by atoms with E-state index in [1.807, 2.05) is 0 Å². The Morgan fingerprint density at radius 3 is 2.81 bits per heavy atom. The molecule has 0 N–H and O–H groups in total. The van der Waals surface area contributed by atoms with Crippen molar-refractivity contribution in [2.45, 2.75) is 19.4 Å². The monoisotopic (exact) mass is 215 g/mol. The zero-order valence-corrected chi connectivity index (χ0v) is 9.48. The van der Waals surface area contributed by atoms with Crippen molar-refractivity contribution in [1.29, 1.82) is 0 Å². The van der Waals surface area contributed by atoms with E-state index >= 15 is 0 Å². The van der Waals surface area contributed by atoms with E-state index in [-0.39, 0.29) is 0 Å². The maximum Gasteiger partial charge on any atom is 0.113 e. The van der Waals surface area contributed by atoms with E-state index in [1.165, 1.54) is 37.1 Å². The van der Waals surface area contributed by atoms with Gasteiger partial charge in [0.05, 0.1) is 6.54 Å². The fourth-order valence-electron chi connectivity index (χ4n) is 2.44. The highest BCUT2D eigenvalue weighted by Gasteiger charge is 2.16. The number of benzene rings is 1. The molecule has 1 saturated heterocycles. The van der Waals surface area contributed by atoms with Gasteiger partial charge < -0.3 is 4.74 Å². The second-order valence-electron chi connectivity index (χ2n) is 4.58. The number of fused-ring (bicyclic) bond motifs is 1. The average Bonchev–Trinajstić information content (AvgIpc) is 2.82. The number of rotatable bonds is 2. The molecule has 0 aromatic heterocycles. The largest absolute Gasteiger partial charge is 0.492 e. The Balaban J connectivity index is 1.75. The summed E-state index contributed by atoms with van der Waals surface area (Å²) in [6.07, 6.45) is 4.87. The van der Waals surface area contributed by atoms with Crippen LogP contribution in [0.5, 0.6) is 0 Å². The molecule has 0 aliphatic carbocycles. The van der Waals surface area contributed by atoms with Crippen molar-refractivity contribution >= 4 is 6.08 Å². The first-order chi connectivity index (χ1) is 7.92. The molecule has 16 heavy (non-hydrogen) atoms. The third-order valence-corrected chi connectivity index (χ3v) is 3.36. The molecular weight excluding hydrogens is 198 g/mol. The Bertz CT molecular complexity index is 405. The van der Waals surface area contributed by atoms with E-state index in [0.717, 1.165) is 18.9 Å². The Morgan fingerprint density at radius 2 is 1.94 bits per heavy atom. The van der Waals surface area contributed by atoms with Crippen molar-refractivity contribution in [2.75, 3.05) is 19.6 Å². The average molecular weight is 215 g/mol. The molecule has 0 bridgehead atoms. The summed E-state index contributed by atoms with van der Waals surface area (Å²) in [5.41, 5.74) is 2.62. The third kappa shape index (κ3) is 1.98. The number of hydrogen-bond acceptors (Lipinski definition) is 2. The van der Waals surface area contributed by atoms with Gasteiger partial charge in [0.25, 0.3) is 0 Å². The normalized spacial score (nSPS) is 20.1. The quantitative estimate of drug-likeness (QED) is 0.752. The third-order valence-electron chi connectivity index (χ3n) is 3.36. The van der Waals surface area contributed by atoms with Gasteiger partial charge in [-0.3, -0.25) is 4.90 Å². The second kappa shape index (κ2) is 4.30. The van der Waals surface area contributed by atoms with Gasteiger partial charge in [-0.25, -0.2) is 0 Å². The van der Waals surface area contributed by atoms with Crippen LogP contribution >= 0.6 is 0 Å². The zero-order valence-electron chi connectivity index (χ0n) is 9.48. The Kier molecular flexibility index (Phi) is 2.66. The number of hydrogen-bond donors (Lipinski definition) is 0. The molecule has 1 fully saturated rings. The summed E-state index contributed by atoms with van der Waals surface area (Å²) in [4.78, 5) is 2.47. The zero-order chi connectivity index (χ0) is 10.8. The lowest BCUT2D eigenvalue weighted by Crippen LogP contribution is -2.23. The van der Waals surface area contributed by atoms with Crippen molar-refractivity contribution < 1.29 is 4.74 Å². The summed E-state index contributed by atoms with van der Waals surface area (Å²) in [6.45, 7) is 4.16. The highest BCUT2D eigenvalue weighted by molar-refractivity contribution is 5.57. The Labute approximate surface area is 96.5 Å². The van der Waals surface area contributed by atoms with Gasteiger partial charge in [0.2, 0.25) is 0 Å². The van der Waals surface area contributed by atoms with Gasteiger partial charge >= 0.3 is 0 Å². The fraction of sp³-hybridized carbons (Fsp3) is 0.429. The summed E-state index contributed by atoms with van der Waals surface area (Å²) in [5, 5.41) is 0. The van der Waals surface area contributed by atoms with Crippen molar-refractivity contribution in [3.8, 4) is 0 Å². The predicted octanol–water partition coefficient (Wildman–Crippen LogP) is 2.65. The van der Waals surface area contributed by atoms with Crippen LogP contribution in [0.4, 0.5) is 0 Å². The number of likely N-dealkylation sites (tertiary alicyclic amines) is 1. The van der Waals surface area contributed by atoms with Crippen molar-refractivity contribution in [3.05, 3.63) is 41.2 Å². The second-order valence-corrected chi connectivity index (χ2v) is 4.58. The molecule has 0 spiro atoms. The van der Waals surface area contributed by atoms with Crippen LogP contribution in [0, 0.1) is 0 Å². The maximum atomic E-state index is 5.79. The first-order valence-electron chi connectivity index (χ1n) is 6.05. The van der Waals surface area contributed by atoms with E-state index in [4.69, 9.17) is 4.74 Å². The highest BCUT2D eigenvalue weighted by Crippen LogP contribution is 2.22. The Morgan fingerprint density at radius 1 is 1.12 bits per heavy atom. The molecule has 0 atom stereocenters. The molecular formula is C14H17NO. The van der Waals surface area contributed by atoms with Crippen LogP contribution in [-0.4, -0.2) is 24.5 Å². The lowest BCUT2D eigenvalue weighted by molar-refractivity contribution is 0.167. The van der Waals surface area contributed by atoms with Crippen LogP contribution in [0.15, 0.2) is 30.0 Å². The number of nitrogens with zero attached hydrogens (tertiary/aromatic N) is 1. The van der Waals surface area contributed by atoms with E-state index < -0.39 is 0 Å². The minimum atomic E-state index is 0.732. The van der Waals surface area contributed by atoms with Gasteiger partial charge in [-0.15, -0.1) is 0 Å². The lowest BCUT2D eigenvalue weighted by Gasteiger charge is -2.22. The summed E-state index contributed by atoms with van der Waals surface area (Å²) in [6, 6.07) is 8.47. The minimum Gasteiger partial charge on any atom is -0.492 e. The fourth-order valence-corrected chi connectivity index (χ4v) is 2.44. The van der Waals surface area contributed by atoms with Gasteiger partial charge in [-0.2, -0.15) is 0 Å². The molecule has 2 aliphatic rings. The number of ether oxygens (including phenoxy) is 1. The summed E-state index contributed by atoms with van der Waals surface area (Å²) in [5.74, 6) is 1.13. The lowest BCUT2D eigenvalue weighted by atomic mass is 10.1. The highest BCUT2D eigenvalue weighted by atomic mass is 16.5. The molecule has 0 saturated carbocycles. The van der Waals surface area contributed by atoms with Gasteiger partial charge in [0.15, 0.2) is 0 Å². The molecule has 84 valence electrons. The molecule has 0 amide bonds. The molecule has 2 aliphatic heterocycles. The predicted molar refractivity (Wildman–Crippen MR) is 64.9 cm³/mol. The molecule has 1 aromatic rings. The topological polar surface area (TPSA) is 12.5 Å². The molecule has 3 rings (SSSR count). The minimum absolute atomic E-state index is 0.732. The molecule has 0 unspecified atom stereocenters. The van der Waals surface area contributed by atoms with Gasteiger partial charge in [0.1, 0.15) is 12.4 Å². The van der Waals surface area contributed by atoms with Gasteiger partial charge in [0, 0.05) is 0 Å². The van der Waals surface area contributed by atoms with E-state index in [0.29, 0.717) is 0 Å². The maximum absolute atomic E-state index is 5.79. The smallest absolute Gasteiger partial charge is 0.113 e. The summed E-state index contributed by atoms with van der Waals surface area (Å²) < 4.78 is 5.79. The molecule has 1 aromatic carbocycles. The van der Waals surface area contributed by atoms with Crippen molar-refractivity contribution in [1.82, 2.24) is 4.90 Å². The Hall–Kier alpha value is -1.28. The van der Waals surface area contributed by atoms with E-state index in [2.05, 4.69) is 35.2 Å². The van der Waals surface area contributed by atoms with Crippen LogP contribution in [0.3, 0.4) is 0 Å². The van der Waals surface area contributed by atoms with Crippen LogP contribution < -0.4 is 0 Å². The SMILES string of the molecule is C1=C(CN2CCCC2)OCc2ccccc21. The summed E-state index contributed by atoms with van der Waals surface area (Å²) >= 11 is 0. The van der Waals surface area contributed by atoms with Gasteiger partial charge in [-0.05, 0) is 43.1 Å². The molecule has 2 heterocycles. The first kappa shape index (κ1) is 9.91. The van der Waals surface area contributed by atoms with Crippen LogP contribution in [0.25, 0.3) is 6.08 Å². The van der Waals surface area contributed by atoms with Gasteiger partial charge in [-0.1, -0.05) is 24.3 Å². The van der Waals surface area contributed by atoms with E-state index in [1.54, 1.807) is 0 Å². The summed E-state index contributed by atoms with van der Waals surface area (Å²) in [7, 11) is 0.